The molecule has 0 saturated heterocycles. The Morgan fingerprint density at radius 2 is 1.84 bits per heavy atom. The van der Waals surface area contributed by atoms with E-state index in [1.165, 1.54) is 23.6 Å². The van der Waals surface area contributed by atoms with Gasteiger partial charge in [0.15, 0.2) is 5.13 Å². The minimum absolute atomic E-state index is 0.0820. The average molecular weight is 356 g/mol. The van der Waals surface area contributed by atoms with Crippen LogP contribution in [0.15, 0.2) is 54.2 Å². The zero-order valence-electron chi connectivity index (χ0n) is 12.9. The van der Waals surface area contributed by atoms with E-state index in [4.69, 9.17) is 0 Å². The molecule has 0 radical (unpaired) electrons. The third-order valence-corrected chi connectivity index (χ3v) is 4.04. The van der Waals surface area contributed by atoms with Crippen LogP contribution in [-0.4, -0.2) is 21.8 Å². The number of benzene rings is 1. The van der Waals surface area contributed by atoms with Gasteiger partial charge in [-0.15, -0.1) is 11.3 Å². The number of carbonyl (C=O) groups excluding carboxylic acids is 2. The van der Waals surface area contributed by atoms with Crippen LogP contribution in [0.1, 0.15) is 26.4 Å². The number of nitrogens with one attached hydrogen (secondary N) is 2. The number of rotatable bonds is 5. The Balaban J connectivity index is 1.61. The summed E-state index contributed by atoms with van der Waals surface area (Å²) in [5, 5.41) is 6.97. The van der Waals surface area contributed by atoms with Crippen LogP contribution in [0.4, 0.5) is 9.52 Å². The van der Waals surface area contributed by atoms with E-state index in [2.05, 4.69) is 20.6 Å². The van der Waals surface area contributed by atoms with Gasteiger partial charge in [0.05, 0.1) is 5.56 Å². The van der Waals surface area contributed by atoms with Gasteiger partial charge in [0.25, 0.3) is 11.8 Å². The SMILES string of the molecule is O=C(NCc1ccncc1)c1csc(NC(=O)c2ccccc2F)n1. The lowest BCUT2D eigenvalue weighted by Crippen LogP contribution is -2.23. The van der Waals surface area contributed by atoms with Gasteiger partial charge in [-0.3, -0.25) is 19.9 Å². The third-order valence-electron chi connectivity index (χ3n) is 3.28. The number of pyridine rings is 1. The average Bonchev–Trinajstić information content (AvgIpc) is 3.09. The summed E-state index contributed by atoms with van der Waals surface area (Å²) in [7, 11) is 0. The smallest absolute Gasteiger partial charge is 0.271 e. The topological polar surface area (TPSA) is 84.0 Å². The highest BCUT2D eigenvalue weighted by Crippen LogP contribution is 2.17. The lowest BCUT2D eigenvalue weighted by molar-refractivity contribution is 0.0945. The lowest BCUT2D eigenvalue weighted by Gasteiger charge is -2.03. The lowest BCUT2D eigenvalue weighted by atomic mass is 10.2. The number of aromatic nitrogens is 2. The highest BCUT2D eigenvalue weighted by molar-refractivity contribution is 7.14. The predicted molar refractivity (Wildman–Crippen MR) is 91.9 cm³/mol. The van der Waals surface area contributed by atoms with Crippen molar-refractivity contribution in [1.29, 1.82) is 0 Å². The summed E-state index contributed by atoms with van der Waals surface area (Å²) in [4.78, 5) is 32.1. The number of thiazole rings is 1. The molecule has 0 saturated carbocycles. The summed E-state index contributed by atoms with van der Waals surface area (Å²) in [6, 6.07) is 9.23. The molecule has 6 nitrogen and oxygen atoms in total. The van der Waals surface area contributed by atoms with Crippen LogP contribution in [0.25, 0.3) is 0 Å². The van der Waals surface area contributed by atoms with Crippen LogP contribution in [0.5, 0.6) is 0 Å². The van der Waals surface area contributed by atoms with Crippen LogP contribution in [0.3, 0.4) is 0 Å². The first-order valence-corrected chi connectivity index (χ1v) is 8.20. The van der Waals surface area contributed by atoms with Crippen LogP contribution in [0, 0.1) is 5.82 Å². The molecule has 25 heavy (non-hydrogen) atoms. The van der Waals surface area contributed by atoms with Gasteiger partial charge < -0.3 is 5.32 Å². The number of nitrogens with zero attached hydrogens (tertiary/aromatic N) is 2. The molecule has 0 aliphatic rings. The Kier molecular flexibility index (Phi) is 5.10. The maximum atomic E-state index is 13.6. The standard InChI is InChI=1S/C17H13FN4O2S/c18-13-4-2-1-3-12(13)15(23)22-17-21-14(10-25-17)16(24)20-9-11-5-7-19-8-6-11/h1-8,10H,9H2,(H,20,24)(H,21,22,23). The molecule has 0 atom stereocenters. The summed E-state index contributed by atoms with van der Waals surface area (Å²) in [6.07, 6.45) is 3.28. The molecule has 1 aromatic carbocycles. The van der Waals surface area contributed by atoms with Gasteiger partial charge in [0.1, 0.15) is 11.5 Å². The van der Waals surface area contributed by atoms with E-state index in [1.54, 1.807) is 30.6 Å². The normalized spacial score (nSPS) is 10.3. The molecule has 0 aliphatic carbocycles. The molecule has 0 unspecified atom stereocenters. The predicted octanol–water partition coefficient (Wildman–Crippen LogP) is 2.86. The number of amides is 2. The third kappa shape index (κ3) is 4.24. The first-order chi connectivity index (χ1) is 12.1. The Hall–Kier alpha value is -3.13. The fraction of sp³-hybridized carbons (Fsp3) is 0.0588. The number of halogens is 1. The summed E-state index contributed by atoms with van der Waals surface area (Å²) < 4.78 is 13.6. The van der Waals surface area contributed by atoms with E-state index in [1.807, 2.05) is 0 Å². The maximum absolute atomic E-state index is 13.6. The van der Waals surface area contributed by atoms with E-state index in [-0.39, 0.29) is 22.3 Å². The van der Waals surface area contributed by atoms with Gasteiger partial charge in [-0.25, -0.2) is 9.37 Å². The molecule has 0 spiro atoms. The minimum Gasteiger partial charge on any atom is -0.347 e. The highest BCUT2D eigenvalue weighted by atomic mass is 32.1. The van der Waals surface area contributed by atoms with Crippen molar-refractivity contribution in [3.05, 3.63) is 76.8 Å². The van der Waals surface area contributed by atoms with Gasteiger partial charge >= 0.3 is 0 Å². The van der Waals surface area contributed by atoms with E-state index >= 15 is 0 Å². The van der Waals surface area contributed by atoms with Crippen molar-refractivity contribution < 1.29 is 14.0 Å². The van der Waals surface area contributed by atoms with E-state index in [0.29, 0.717) is 6.54 Å². The van der Waals surface area contributed by atoms with E-state index < -0.39 is 11.7 Å². The largest absolute Gasteiger partial charge is 0.347 e. The molecule has 2 heterocycles. The molecular formula is C17H13FN4O2S. The quantitative estimate of drug-likeness (QED) is 0.736. The molecule has 2 N–H and O–H groups in total. The van der Waals surface area contributed by atoms with Gasteiger partial charge in [-0.05, 0) is 29.8 Å². The number of hydrogen-bond donors (Lipinski definition) is 2. The molecule has 2 aromatic heterocycles. The zero-order valence-corrected chi connectivity index (χ0v) is 13.7. The maximum Gasteiger partial charge on any atom is 0.271 e. The summed E-state index contributed by atoms with van der Waals surface area (Å²) in [5.41, 5.74) is 1.01. The van der Waals surface area contributed by atoms with Crippen LogP contribution in [-0.2, 0) is 6.54 Å². The van der Waals surface area contributed by atoms with E-state index in [0.717, 1.165) is 16.9 Å². The minimum atomic E-state index is -0.619. The summed E-state index contributed by atoms with van der Waals surface area (Å²) in [5.74, 6) is -1.59. The molecule has 0 aliphatic heterocycles. The zero-order chi connectivity index (χ0) is 17.6. The molecular weight excluding hydrogens is 343 g/mol. The van der Waals surface area contributed by atoms with Crippen molar-refractivity contribution in [2.75, 3.05) is 5.32 Å². The molecule has 8 heteroatoms. The number of anilines is 1. The van der Waals surface area contributed by atoms with Crippen LogP contribution < -0.4 is 10.6 Å². The van der Waals surface area contributed by atoms with Crippen molar-refractivity contribution in [2.24, 2.45) is 0 Å². The van der Waals surface area contributed by atoms with Gasteiger partial charge in [0.2, 0.25) is 0 Å². The van der Waals surface area contributed by atoms with Crippen molar-refractivity contribution in [2.45, 2.75) is 6.54 Å². The van der Waals surface area contributed by atoms with E-state index in [9.17, 15) is 14.0 Å². The first kappa shape index (κ1) is 16.7. The molecule has 3 rings (SSSR count). The Morgan fingerprint density at radius 3 is 2.60 bits per heavy atom. The first-order valence-electron chi connectivity index (χ1n) is 7.32. The van der Waals surface area contributed by atoms with Crippen molar-refractivity contribution in [3.63, 3.8) is 0 Å². The molecule has 2 amide bonds. The van der Waals surface area contributed by atoms with Gasteiger partial charge in [0, 0.05) is 24.3 Å². The van der Waals surface area contributed by atoms with Crippen molar-refractivity contribution in [1.82, 2.24) is 15.3 Å². The molecule has 0 bridgehead atoms. The Bertz CT molecular complexity index is 898. The fourth-order valence-corrected chi connectivity index (χ4v) is 2.70. The monoisotopic (exact) mass is 356 g/mol. The van der Waals surface area contributed by atoms with Crippen LogP contribution in [0.2, 0.25) is 0 Å². The van der Waals surface area contributed by atoms with Gasteiger partial charge in [-0.1, -0.05) is 12.1 Å². The molecule has 3 aromatic rings. The Morgan fingerprint density at radius 1 is 1.08 bits per heavy atom. The second kappa shape index (κ2) is 7.63. The summed E-state index contributed by atoms with van der Waals surface area (Å²) >= 11 is 1.09. The fourth-order valence-electron chi connectivity index (χ4n) is 2.02. The number of hydrogen-bond acceptors (Lipinski definition) is 5. The second-order valence-electron chi connectivity index (χ2n) is 5.01. The second-order valence-corrected chi connectivity index (χ2v) is 5.87. The Labute approximate surface area is 146 Å². The number of carbonyl (C=O) groups is 2. The van der Waals surface area contributed by atoms with Gasteiger partial charge in [-0.2, -0.15) is 0 Å². The highest BCUT2D eigenvalue weighted by Gasteiger charge is 2.15. The van der Waals surface area contributed by atoms with Crippen LogP contribution >= 0.6 is 11.3 Å². The molecule has 126 valence electrons. The van der Waals surface area contributed by atoms with Crippen molar-refractivity contribution >= 4 is 28.3 Å². The molecule has 0 fully saturated rings. The summed E-state index contributed by atoms with van der Waals surface area (Å²) in [6.45, 7) is 0.343. The van der Waals surface area contributed by atoms with Crippen molar-refractivity contribution in [3.8, 4) is 0 Å².